The molecule has 0 aromatic heterocycles. The number of halogens is 1. The molecule has 4 heteroatoms. The van der Waals surface area contributed by atoms with Crippen molar-refractivity contribution in [2.24, 2.45) is 5.92 Å². The summed E-state index contributed by atoms with van der Waals surface area (Å²) < 4.78 is 12.0. The van der Waals surface area contributed by atoms with E-state index in [4.69, 9.17) is 9.47 Å². The van der Waals surface area contributed by atoms with E-state index in [9.17, 15) is 5.11 Å². The van der Waals surface area contributed by atoms with Crippen molar-refractivity contribution in [1.82, 2.24) is 0 Å². The maximum absolute atomic E-state index is 10.5. The van der Waals surface area contributed by atoms with Gasteiger partial charge < -0.3 is 14.6 Å². The van der Waals surface area contributed by atoms with Gasteiger partial charge in [0.2, 0.25) is 0 Å². The van der Waals surface area contributed by atoms with Crippen molar-refractivity contribution < 1.29 is 14.6 Å². The second-order valence-corrected chi connectivity index (χ2v) is 6.36. The van der Waals surface area contributed by atoms with E-state index >= 15 is 0 Å². The Morgan fingerprint density at radius 1 is 1.40 bits per heavy atom. The molecule has 0 amide bonds. The summed E-state index contributed by atoms with van der Waals surface area (Å²) in [5.74, 6) is 1.31. The van der Waals surface area contributed by atoms with Crippen LogP contribution >= 0.6 is 15.9 Å². The normalized spacial score (nSPS) is 23.2. The Morgan fingerprint density at radius 2 is 2.10 bits per heavy atom. The third kappa shape index (κ3) is 3.54. The number of aryl methyl sites for hydroxylation is 1. The lowest BCUT2D eigenvalue weighted by atomic mass is 9.77. The average molecular weight is 343 g/mol. The second-order valence-electron chi connectivity index (χ2n) is 5.51. The fourth-order valence-electron chi connectivity index (χ4n) is 2.79. The zero-order valence-corrected chi connectivity index (χ0v) is 13.9. The number of aliphatic hydroxyl groups excluding tert-OH is 1. The number of hydrogen-bond donors (Lipinski definition) is 1. The molecule has 1 unspecified atom stereocenters. The number of methoxy groups -OCH3 is 1. The third-order valence-corrected chi connectivity index (χ3v) is 4.88. The molecule has 2 rings (SSSR count). The molecule has 1 aliphatic rings. The van der Waals surface area contributed by atoms with Crippen LogP contribution in [0, 0.1) is 12.8 Å². The topological polar surface area (TPSA) is 38.7 Å². The first-order valence-corrected chi connectivity index (χ1v) is 7.98. The van der Waals surface area contributed by atoms with E-state index in [1.807, 2.05) is 26.0 Å². The predicted molar refractivity (Wildman–Crippen MR) is 83.1 cm³/mol. The van der Waals surface area contributed by atoms with Gasteiger partial charge >= 0.3 is 0 Å². The number of aliphatic hydroxyl groups is 1. The summed E-state index contributed by atoms with van der Waals surface area (Å²) in [6.07, 6.45) is 2.80. The molecule has 112 valence electrons. The Bertz CT molecular complexity index is 455. The lowest BCUT2D eigenvalue weighted by molar-refractivity contribution is -0.0381. The molecule has 1 atom stereocenters. The van der Waals surface area contributed by atoms with E-state index < -0.39 is 6.10 Å². The molecule has 0 saturated heterocycles. The molecule has 1 aromatic rings. The third-order valence-electron chi connectivity index (χ3n) is 4.02. The van der Waals surface area contributed by atoms with Gasteiger partial charge in [-0.05, 0) is 56.7 Å². The Balaban J connectivity index is 1.99. The number of rotatable bonds is 6. The van der Waals surface area contributed by atoms with Crippen molar-refractivity contribution in [2.45, 2.75) is 45.3 Å². The second kappa shape index (κ2) is 6.92. The summed E-state index contributed by atoms with van der Waals surface area (Å²) in [6, 6.07) is 3.93. The average Bonchev–Trinajstić information content (AvgIpc) is 2.38. The first kappa shape index (κ1) is 15.8. The van der Waals surface area contributed by atoms with Crippen molar-refractivity contribution in [3.05, 3.63) is 27.7 Å². The predicted octanol–water partition coefficient (Wildman–Crippen LogP) is 4.00. The van der Waals surface area contributed by atoms with E-state index in [0.717, 1.165) is 47.2 Å². The molecule has 1 aromatic carbocycles. The highest BCUT2D eigenvalue weighted by molar-refractivity contribution is 9.10. The first-order valence-electron chi connectivity index (χ1n) is 7.18. The molecular weight excluding hydrogens is 320 g/mol. The summed E-state index contributed by atoms with van der Waals surface area (Å²) in [5.41, 5.74) is 1.97. The summed E-state index contributed by atoms with van der Waals surface area (Å²) in [4.78, 5) is 0. The van der Waals surface area contributed by atoms with Crippen LogP contribution in [0.2, 0.25) is 0 Å². The molecule has 1 saturated carbocycles. The van der Waals surface area contributed by atoms with Gasteiger partial charge in [-0.25, -0.2) is 0 Å². The fourth-order valence-corrected chi connectivity index (χ4v) is 3.15. The SMILES string of the molecule is CCOC1CC(CC(O)c2cc(Br)c(C)cc2OC)C1. The van der Waals surface area contributed by atoms with Gasteiger partial charge in [0, 0.05) is 16.6 Å². The van der Waals surface area contributed by atoms with Gasteiger partial charge in [-0.3, -0.25) is 0 Å². The summed E-state index contributed by atoms with van der Waals surface area (Å²) in [5, 5.41) is 10.5. The molecule has 0 radical (unpaired) electrons. The van der Waals surface area contributed by atoms with E-state index in [0.29, 0.717) is 12.0 Å². The van der Waals surface area contributed by atoms with Gasteiger partial charge in [-0.15, -0.1) is 0 Å². The summed E-state index contributed by atoms with van der Waals surface area (Å²) in [7, 11) is 1.65. The minimum absolute atomic E-state index is 0.392. The Kier molecular flexibility index (Phi) is 5.47. The highest BCUT2D eigenvalue weighted by Crippen LogP contribution is 2.40. The van der Waals surface area contributed by atoms with Crippen LogP contribution < -0.4 is 4.74 Å². The standard InChI is InChI=1S/C16H23BrO3/c1-4-20-12-6-11(7-12)8-15(18)13-9-14(17)10(2)5-16(13)19-3/h5,9,11-12,15,18H,4,6-8H2,1-3H3. The van der Waals surface area contributed by atoms with Crippen LogP contribution in [-0.2, 0) is 4.74 Å². The van der Waals surface area contributed by atoms with Gasteiger partial charge in [-0.2, -0.15) is 0 Å². The van der Waals surface area contributed by atoms with Gasteiger partial charge in [0.25, 0.3) is 0 Å². The largest absolute Gasteiger partial charge is 0.496 e. The van der Waals surface area contributed by atoms with E-state index in [2.05, 4.69) is 15.9 Å². The van der Waals surface area contributed by atoms with Crippen LogP contribution in [-0.4, -0.2) is 24.9 Å². The summed E-state index contributed by atoms with van der Waals surface area (Å²) in [6.45, 7) is 4.82. The van der Waals surface area contributed by atoms with Gasteiger partial charge in [0.1, 0.15) is 5.75 Å². The molecule has 3 nitrogen and oxygen atoms in total. The lowest BCUT2D eigenvalue weighted by Gasteiger charge is -2.36. The minimum atomic E-state index is -0.477. The van der Waals surface area contributed by atoms with E-state index in [1.54, 1.807) is 7.11 Å². The van der Waals surface area contributed by atoms with Gasteiger partial charge in [0.15, 0.2) is 0 Å². The van der Waals surface area contributed by atoms with Crippen LogP contribution in [0.15, 0.2) is 16.6 Å². The fraction of sp³-hybridized carbons (Fsp3) is 0.625. The zero-order valence-electron chi connectivity index (χ0n) is 12.4. The Labute approximate surface area is 129 Å². The van der Waals surface area contributed by atoms with Crippen LogP contribution in [0.1, 0.15) is 43.4 Å². The molecule has 0 spiro atoms. The molecule has 1 N–H and O–H groups in total. The molecular formula is C16H23BrO3. The maximum Gasteiger partial charge on any atom is 0.125 e. The maximum atomic E-state index is 10.5. The highest BCUT2D eigenvalue weighted by atomic mass is 79.9. The van der Waals surface area contributed by atoms with Crippen LogP contribution in [0.25, 0.3) is 0 Å². The number of ether oxygens (including phenoxy) is 2. The molecule has 1 fully saturated rings. The molecule has 0 bridgehead atoms. The van der Waals surface area contributed by atoms with Gasteiger partial charge in [0.05, 0.1) is 19.3 Å². The molecule has 1 aliphatic carbocycles. The lowest BCUT2D eigenvalue weighted by Crippen LogP contribution is -2.32. The number of hydrogen-bond acceptors (Lipinski definition) is 3. The quantitative estimate of drug-likeness (QED) is 0.848. The molecule has 20 heavy (non-hydrogen) atoms. The Hall–Kier alpha value is -0.580. The smallest absolute Gasteiger partial charge is 0.125 e. The molecule has 0 aliphatic heterocycles. The number of benzene rings is 1. The van der Waals surface area contributed by atoms with Crippen LogP contribution in [0.5, 0.6) is 5.75 Å². The van der Waals surface area contributed by atoms with Crippen molar-refractivity contribution in [2.75, 3.05) is 13.7 Å². The van der Waals surface area contributed by atoms with Crippen LogP contribution in [0.3, 0.4) is 0 Å². The van der Waals surface area contributed by atoms with E-state index in [-0.39, 0.29) is 0 Å². The van der Waals surface area contributed by atoms with E-state index in [1.165, 1.54) is 0 Å². The van der Waals surface area contributed by atoms with Crippen molar-refractivity contribution in [1.29, 1.82) is 0 Å². The molecule has 0 heterocycles. The van der Waals surface area contributed by atoms with Crippen molar-refractivity contribution >= 4 is 15.9 Å². The Morgan fingerprint density at radius 3 is 2.70 bits per heavy atom. The van der Waals surface area contributed by atoms with Crippen LogP contribution in [0.4, 0.5) is 0 Å². The first-order chi connectivity index (χ1) is 9.55. The van der Waals surface area contributed by atoms with Gasteiger partial charge in [-0.1, -0.05) is 15.9 Å². The highest BCUT2D eigenvalue weighted by Gasteiger charge is 2.32. The monoisotopic (exact) mass is 342 g/mol. The zero-order chi connectivity index (χ0) is 14.7. The van der Waals surface area contributed by atoms with Crippen molar-refractivity contribution in [3.63, 3.8) is 0 Å². The summed E-state index contributed by atoms with van der Waals surface area (Å²) >= 11 is 3.52. The van der Waals surface area contributed by atoms with Crippen molar-refractivity contribution in [3.8, 4) is 5.75 Å². The minimum Gasteiger partial charge on any atom is -0.496 e.